The average molecular weight is 487 g/mol. The van der Waals surface area contributed by atoms with Gasteiger partial charge in [0, 0.05) is 55.6 Å². The summed E-state index contributed by atoms with van der Waals surface area (Å²) in [5.41, 5.74) is 4.16. The summed E-state index contributed by atoms with van der Waals surface area (Å²) in [6.45, 7) is 6.88. The molecule has 0 radical (unpaired) electrons. The van der Waals surface area contributed by atoms with Gasteiger partial charge in [-0.05, 0) is 36.8 Å². The molecule has 2 aromatic carbocycles. The van der Waals surface area contributed by atoms with Crippen LogP contribution in [-0.2, 0) is 11.2 Å². The Balaban J connectivity index is 1.16. The smallest absolute Gasteiger partial charge is 0.228 e. The molecule has 1 saturated heterocycles. The summed E-state index contributed by atoms with van der Waals surface area (Å²) in [5.74, 6) is 1.04. The van der Waals surface area contributed by atoms with E-state index in [0.29, 0.717) is 13.0 Å². The Kier molecular flexibility index (Phi) is 7.25. The van der Waals surface area contributed by atoms with Gasteiger partial charge in [0.15, 0.2) is 4.96 Å². The van der Waals surface area contributed by atoms with Crippen LogP contribution in [0.15, 0.2) is 72.3 Å². The zero-order valence-corrected chi connectivity index (χ0v) is 20.8. The molecule has 4 aromatic rings. The lowest BCUT2D eigenvalue weighted by Gasteiger charge is -2.34. The average Bonchev–Trinajstić information content (AvgIpc) is 3.48. The van der Waals surface area contributed by atoms with Gasteiger partial charge in [-0.15, -0.1) is 11.3 Å². The minimum Gasteiger partial charge on any atom is -0.494 e. The van der Waals surface area contributed by atoms with Gasteiger partial charge in [-0.1, -0.05) is 42.5 Å². The third-order valence-corrected chi connectivity index (χ3v) is 7.16. The van der Waals surface area contributed by atoms with Crippen LogP contribution < -0.4 is 4.74 Å². The first-order chi connectivity index (χ1) is 17.2. The van der Waals surface area contributed by atoms with Gasteiger partial charge in [-0.3, -0.25) is 14.1 Å². The number of benzene rings is 2. The van der Waals surface area contributed by atoms with Gasteiger partial charge in [0.1, 0.15) is 5.75 Å². The summed E-state index contributed by atoms with van der Waals surface area (Å²) in [4.78, 5) is 23.1. The molecule has 2 aromatic heterocycles. The van der Waals surface area contributed by atoms with E-state index < -0.39 is 0 Å². The van der Waals surface area contributed by atoms with Crippen molar-refractivity contribution in [2.45, 2.75) is 13.3 Å². The van der Waals surface area contributed by atoms with E-state index in [1.54, 1.807) is 11.3 Å². The van der Waals surface area contributed by atoms with E-state index in [0.717, 1.165) is 60.4 Å². The summed E-state index contributed by atoms with van der Waals surface area (Å²) in [6, 6.07) is 18.3. The van der Waals surface area contributed by atoms with Crippen LogP contribution in [-0.4, -0.2) is 64.4 Å². The molecule has 180 valence electrons. The minimum atomic E-state index is 0.181. The second kappa shape index (κ2) is 10.9. The Morgan fingerprint density at radius 2 is 1.83 bits per heavy atom. The second-order valence-electron chi connectivity index (χ2n) is 8.63. The largest absolute Gasteiger partial charge is 0.494 e. The van der Waals surface area contributed by atoms with Crippen molar-refractivity contribution in [3.8, 4) is 17.0 Å². The molecule has 0 saturated carbocycles. The molecule has 1 amide bonds. The maximum atomic E-state index is 13.0. The van der Waals surface area contributed by atoms with Gasteiger partial charge >= 0.3 is 0 Å². The monoisotopic (exact) mass is 486 g/mol. The Morgan fingerprint density at radius 1 is 1.06 bits per heavy atom. The number of fused-ring (bicyclic) bond motifs is 1. The van der Waals surface area contributed by atoms with Crippen molar-refractivity contribution < 1.29 is 9.53 Å². The predicted octanol–water partition coefficient (Wildman–Crippen LogP) is 4.86. The van der Waals surface area contributed by atoms with Crippen molar-refractivity contribution in [3.05, 3.63) is 83.5 Å². The number of aromatic nitrogens is 2. The number of imidazole rings is 1. The molecule has 1 aliphatic rings. The third-order valence-electron chi connectivity index (χ3n) is 6.28. The molecule has 5 rings (SSSR count). The number of hydrogen-bond donors (Lipinski definition) is 0. The maximum Gasteiger partial charge on any atom is 0.228 e. The van der Waals surface area contributed by atoms with Crippen molar-refractivity contribution in [2.75, 3.05) is 39.3 Å². The highest BCUT2D eigenvalue weighted by Gasteiger charge is 2.22. The van der Waals surface area contributed by atoms with E-state index in [1.165, 1.54) is 5.56 Å². The number of nitrogens with zero attached hydrogens (tertiary/aromatic N) is 4. The second-order valence-corrected chi connectivity index (χ2v) is 9.47. The van der Waals surface area contributed by atoms with E-state index in [-0.39, 0.29) is 5.91 Å². The molecule has 0 atom stereocenters. The topological polar surface area (TPSA) is 50.1 Å². The predicted molar refractivity (Wildman–Crippen MR) is 142 cm³/mol. The first-order valence-electron chi connectivity index (χ1n) is 12.1. The lowest BCUT2D eigenvalue weighted by Crippen LogP contribution is -2.49. The molecule has 0 aliphatic carbocycles. The fraction of sp³-hybridized carbons (Fsp3) is 0.286. The summed E-state index contributed by atoms with van der Waals surface area (Å²) >= 11 is 1.58. The Bertz CT molecular complexity index is 1290. The molecular weight excluding hydrogens is 456 g/mol. The van der Waals surface area contributed by atoms with E-state index in [1.807, 2.05) is 53.7 Å². The van der Waals surface area contributed by atoms with Crippen LogP contribution in [0.5, 0.6) is 5.75 Å². The SMILES string of the molecule is CCOc1ccc(-c2cn3c(CC(=O)N4CCN(C/C=C/c5ccccc5)CC4)csc3n2)cc1. The van der Waals surface area contributed by atoms with E-state index in [2.05, 4.69) is 45.7 Å². The number of amides is 1. The molecule has 1 aliphatic heterocycles. The van der Waals surface area contributed by atoms with Crippen molar-refractivity contribution >= 4 is 28.3 Å². The van der Waals surface area contributed by atoms with Crippen LogP contribution >= 0.6 is 11.3 Å². The highest BCUT2D eigenvalue weighted by atomic mass is 32.1. The Morgan fingerprint density at radius 3 is 2.57 bits per heavy atom. The lowest BCUT2D eigenvalue weighted by atomic mass is 10.1. The summed E-state index contributed by atoms with van der Waals surface area (Å²) in [5, 5.41) is 2.05. The first-order valence-corrected chi connectivity index (χ1v) is 13.0. The number of ether oxygens (including phenoxy) is 1. The van der Waals surface area contributed by atoms with Crippen LogP contribution in [0, 0.1) is 0 Å². The molecular formula is C28H30N4O2S. The van der Waals surface area contributed by atoms with E-state index >= 15 is 0 Å². The summed E-state index contributed by atoms with van der Waals surface area (Å²) < 4.78 is 7.59. The van der Waals surface area contributed by atoms with Gasteiger partial charge in [-0.2, -0.15) is 0 Å². The van der Waals surface area contributed by atoms with Gasteiger partial charge in [0.25, 0.3) is 0 Å². The fourth-order valence-electron chi connectivity index (χ4n) is 4.33. The number of hydrogen-bond acceptors (Lipinski definition) is 5. The molecule has 0 bridgehead atoms. The number of rotatable bonds is 8. The fourth-order valence-corrected chi connectivity index (χ4v) is 5.21. The standard InChI is InChI=1S/C28H30N4O2S/c1-2-34-25-12-10-23(11-13-25)26-20-32-24(21-35-28(32)29-26)19-27(33)31-17-15-30(16-18-31)14-6-9-22-7-4-3-5-8-22/h3-13,20-21H,2,14-19H2,1H3/b9-6+. The van der Waals surface area contributed by atoms with Crippen LogP contribution in [0.2, 0.25) is 0 Å². The van der Waals surface area contributed by atoms with E-state index in [9.17, 15) is 4.79 Å². The Labute approximate surface area is 210 Å². The third kappa shape index (κ3) is 5.63. The minimum absolute atomic E-state index is 0.181. The molecule has 3 heterocycles. The number of carbonyl (C=O) groups excluding carboxylic acids is 1. The molecule has 6 nitrogen and oxygen atoms in total. The van der Waals surface area contributed by atoms with Gasteiger partial charge in [-0.25, -0.2) is 4.98 Å². The highest BCUT2D eigenvalue weighted by Crippen LogP contribution is 2.26. The quantitative estimate of drug-likeness (QED) is 0.357. The Hall–Kier alpha value is -3.42. The van der Waals surface area contributed by atoms with Crippen molar-refractivity contribution in [3.63, 3.8) is 0 Å². The highest BCUT2D eigenvalue weighted by molar-refractivity contribution is 7.15. The van der Waals surface area contributed by atoms with Gasteiger partial charge < -0.3 is 9.64 Å². The van der Waals surface area contributed by atoms with Crippen LogP contribution in [0.1, 0.15) is 18.2 Å². The number of thiazole rings is 1. The van der Waals surface area contributed by atoms with Crippen molar-refractivity contribution in [1.29, 1.82) is 0 Å². The van der Waals surface area contributed by atoms with Crippen molar-refractivity contribution in [2.24, 2.45) is 0 Å². The molecule has 0 spiro atoms. The lowest BCUT2D eigenvalue weighted by molar-refractivity contribution is -0.132. The first kappa shape index (κ1) is 23.3. The molecule has 35 heavy (non-hydrogen) atoms. The van der Waals surface area contributed by atoms with Crippen LogP contribution in [0.4, 0.5) is 0 Å². The molecule has 1 fully saturated rings. The molecule has 0 unspecified atom stereocenters. The summed E-state index contributed by atoms with van der Waals surface area (Å²) in [6.07, 6.45) is 6.79. The van der Waals surface area contributed by atoms with Gasteiger partial charge in [0.05, 0.1) is 18.7 Å². The van der Waals surface area contributed by atoms with Crippen molar-refractivity contribution in [1.82, 2.24) is 19.2 Å². The van der Waals surface area contributed by atoms with Gasteiger partial charge in [0.2, 0.25) is 5.91 Å². The maximum absolute atomic E-state index is 13.0. The van der Waals surface area contributed by atoms with E-state index in [4.69, 9.17) is 9.72 Å². The number of carbonyl (C=O) groups is 1. The normalized spacial score (nSPS) is 14.7. The molecule has 7 heteroatoms. The van der Waals surface area contributed by atoms with Crippen LogP contribution in [0.3, 0.4) is 0 Å². The zero-order chi connectivity index (χ0) is 24.0. The zero-order valence-electron chi connectivity index (χ0n) is 20.0. The van der Waals surface area contributed by atoms with Crippen LogP contribution in [0.25, 0.3) is 22.3 Å². The number of piperazine rings is 1. The summed E-state index contributed by atoms with van der Waals surface area (Å²) in [7, 11) is 0. The molecule has 0 N–H and O–H groups in total.